The van der Waals surface area contributed by atoms with Crippen molar-refractivity contribution in [1.29, 1.82) is 5.26 Å². The van der Waals surface area contributed by atoms with Gasteiger partial charge in [-0.05, 0) is 20.8 Å². The van der Waals surface area contributed by atoms with Crippen LogP contribution in [-0.2, 0) is 9.53 Å². The number of rotatable bonds is 5. The van der Waals surface area contributed by atoms with Crippen LogP contribution in [-0.4, -0.2) is 22.1 Å². The molecule has 3 nitrogen and oxygen atoms in total. The van der Waals surface area contributed by atoms with E-state index in [1.54, 1.807) is 20.8 Å². The Hall–Kier alpha value is -0.600. The summed E-state index contributed by atoms with van der Waals surface area (Å²) in [4.78, 5) is 12.1. The lowest BCUT2D eigenvalue weighted by atomic mass is 10.2. The van der Waals surface area contributed by atoms with Crippen LogP contribution in [0, 0.1) is 11.3 Å². The fourth-order valence-electron chi connectivity index (χ4n) is 1.08. The molecule has 0 bridgehead atoms. The zero-order valence-corrected chi connectivity index (χ0v) is 14.4. The van der Waals surface area contributed by atoms with E-state index in [0.717, 1.165) is 4.24 Å². The Morgan fingerprint density at radius 1 is 1.11 bits per heavy atom. The van der Waals surface area contributed by atoms with E-state index >= 15 is 0 Å². The predicted octanol–water partition coefficient (Wildman–Crippen LogP) is 4.35. The minimum absolute atomic E-state index is 0.118. The Balaban J connectivity index is 5.32. The molecule has 0 rings (SSSR count). The zero-order valence-electron chi connectivity index (χ0n) is 12.7. The van der Waals surface area contributed by atoms with Crippen LogP contribution in [0.1, 0.15) is 48.5 Å². The summed E-state index contributed by atoms with van der Waals surface area (Å²) in [7, 11) is 0. The van der Waals surface area contributed by atoms with Crippen molar-refractivity contribution in [2.24, 2.45) is 0 Å². The first-order chi connectivity index (χ1) is 8.56. The molecular weight excluding hydrogens is 278 g/mol. The van der Waals surface area contributed by atoms with Crippen LogP contribution in [0.2, 0.25) is 0 Å². The number of carbonyl (C=O) groups excluding carboxylic acids is 1. The molecule has 0 aromatic heterocycles. The topological polar surface area (TPSA) is 50.1 Å². The highest BCUT2D eigenvalue weighted by Crippen LogP contribution is 2.37. The first-order valence-electron chi connectivity index (χ1n) is 6.28. The van der Waals surface area contributed by atoms with Crippen LogP contribution in [0.25, 0.3) is 0 Å². The van der Waals surface area contributed by atoms with E-state index in [-0.39, 0.29) is 5.57 Å². The van der Waals surface area contributed by atoms with Gasteiger partial charge in [-0.3, -0.25) is 0 Å². The van der Waals surface area contributed by atoms with Crippen LogP contribution >= 0.6 is 23.5 Å². The van der Waals surface area contributed by atoms with Crippen LogP contribution in [0.15, 0.2) is 9.81 Å². The number of hydrogen-bond donors (Lipinski definition) is 0. The summed E-state index contributed by atoms with van der Waals surface area (Å²) in [5.74, 6) is -0.536. The molecule has 0 atom stereocenters. The van der Waals surface area contributed by atoms with Gasteiger partial charge in [0.05, 0.1) is 4.24 Å². The van der Waals surface area contributed by atoms with Gasteiger partial charge in [0.2, 0.25) is 0 Å². The minimum Gasteiger partial charge on any atom is -0.456 e. The molecule has 0 unspecified atom stereocenters. The molecule has 0 spiro atoms. The SMILES string of the molecule is CC(C)SC(SC(C)C)=C(C#N)C(=O)OC(C)(C)C. The van der Waals surface area contributed by atoms with Gasteiger partial charge in [0.1, 0.15) is 11.7 Å². The molecule has 108 valence electrons. The fourth-order valence-corrected chi connectivity index (χ4v) is 3.80. The average Bonchev–Trinajstić information content (AvgIpc) is 2.12. The fraction of sp³-hybridized carbons (Fsp3) is 0.714. The standard InChI is InChI=1S/C14H23NO2S2/c1-9(2)18-13(19-10(3)4)11(8-15)12(16)17-14(5,6)7/h9-10H,1-7H3. The van der Waals surface area contributed by atoms with E-state index < -0.39 is 11.6 Å². The van der Waals surface area contributed by atoms with Crippen molar-refractivity contribution in [2.45, 2.75) is 64.6 Å². The summed E-state index contributed by atoms with van der Waals surface area (Å²) in [5.41, 5.74) is -0.470. The largest absolute Gasteiger partial charge is 0.456 e. The lowest BCUT2D eigenvalue weighted by molar-refractivity contribution is -0.149. The molecule has 0 fully saturated rings. The van der Waals surface area contributed by atoms with Gasteiger partial charge in [-0.2, -0.15) is 5.26 Å². The predicted molar refractivity (Wildman–Crippen MR) is 83.9 cm³/mol. The summed E-state index contributed by atoms with van der Waals surface area (Å²) in [6.45, 7) is 13.5. The van der Waals surface area contributed by atoms with Gasteiger partial charge in [0.25, 0.3) is 0 Å². The highest BCUT2D eigenvalue weighted by Gasteiger charge is 2.24. The van der Waals surface area contributed by atoms with Gasteiger partial charge < -0.3 is 4.74 Å². The van der Waals surface area contributed by atoms with Gasteiger partial charge >= 0.3 is 5.97 Å². The number of nitrogens with zero attached hydrogens (tertiary/aromatic N) is 1. The lowest BCUT2D eigenvalue weighted by Crippen LogP contribution is -2.25. The van der Waals surface area contributed by atoms with Crippen LogP contribution in [0.4, 0.5) is 0 Å². The van der Waals surface area contributed by atoms with Gasteiger partial charge in [0, 0.05) is 10.5 Å². The highest BCUT2D eigenvalue weighted by molar-refractivity contribution is 8.22. The van der Waals surface area contributed by atoms with Crippen molar-refractivity contribution in [1.82, 2.24) is 0 Å². The van der Waals surface area contributed by atoms with Crippen molar-refractivity contribution in [3.63, 3.8) is 0 Å². The monoisotopic (exact) mass is 301 g/mol. The van der Waals surface area contributed by atoms with Crippen LogP contribution < -0.4 is 0 Å². The molecule has 19 heavy (non-hydrogen) atoms. The molecule has 0 aromatic carbocycles. The Kier molecular flexibility index (Phi) is 7.61. The first kappa shape index (κ1) is 18.4. The molecule has 0 saturated heterocycles. The number of thioether (sulfide) groups is 2. The number of hydrogen-bond acceptors (Lipinski definition) is 5. The van der Waals surface area contributed by atoms with E-state index in [9.17, 15) is 10.1 Å². The van der Waals surface area contributed by atoms with Crippen LogP contribution in [0.3, 0.4) is 0 Å². The molecule has 0 saturated carbocycles. The normalized spacial score (nSPS) is 11.4. The molecular formula is C14H23NO2S2. The van der Waals surface area contributed by atoms with Crippen molar-refractivity contribution in [2.75, 3.05) is 0 Å². The second-order valence-corrected chi connectivity index (χ2v) is 9.04. The van der Waals surface area contributed by atoms with Crippen LogP contribution in [0.5, 0.6) is 0 Å². The van der Waals surface area contributed by atoms with Crippen molar-refractivity contribution in [3.8, 4) is 6.07 Å². The van der Waals surface area contributed by atoms with Gasteiger partial charge in [-0.15, -0.1) is 23.5 Å². The third-order valence-electron chi connectivity index (χ3n) is 1.60. The minimum atomic E-state index is -0.588. The number of esters is 1. The summed E-state index contributed by atoms with van der Waals surface area (Å²) in [5, 5.41) is 9.88. The molecule has 0 aromatic rings. The maximum atomic E-state index is 12.1. The third-order valence-corrected chi connectivity index (χ3v) is 3.96. The molecule has 0 radical (unpaired) electrons. The van der Waals surface area contributed by atoms with E-state index in [1.165, 1.54) is 23.5 Å². The lowest BCUT2D eigenvalue weighted by Gasteiger charge is -2.20. The van der Waals surface area contributed by atoms with Gasteiger partial charge in [-0.1, -0.05) is 27.7 Å². The first-order valence-corrected chi connectivity index (χ1v) is 8.03. The Morgan fingerprint density at radius 3 is 1.79 bits per heavy atom. The Labute approximate surface area is 125 Å². The van der Waals surface area contributed by atoms with Crippen molar-refractivity contribution < 1.29 is 9.53 Å². The highest BCUT2D eigenvalue weighted by atomic mass is 32.2. The summed E-state index contributed by atoms with van der Waals surface area (Å²) in [6.07, 6.45) is 0. The molecule has 0 amide bonds. The molecule has 0 aliphatic heterocycles. The summed E-state index contributed by atoms with van der Waals surface area (Å²) in [6, 6.07) is 2.00. The van der Waals surface area contributed by atoms with E-state index in [2.05, 4.69) is 0 Å². The second-order valence-electron chi connectivity index (χ2n) is 5.61. The number of nitriles is 1. The molecule has 0 heterocycles. The number of ether oxygens (including phenoxy) is 1. The quantitative estimate of drug-likeness (QED) is 0.429. The molecule has 0 aliphatic carbocycles. The van der Waals surface area contributed by atoms with Crippen molar-refractivity contribution in [3.05, 3.63) is 9.81 Å². The maximum Gasteiger partial charge on any atom is 0.351 e. The van der Waals surface area contributed by atoms with E-state index in [1.807, 2.05) is 33.8 Å². The average molecular weight is 301 g/mol. The molecule has 0 aliphatic rings. The molecule has 5 heteroatoms. The smallest absolute Gasteiger partial charge is 0.351 e. The van der Waals surface area contributed by atoms with E-state index in [4.69, 9.17) is 4.74 Å². The maximum absolute atomic E-state index is 12.1. The second kappa shape index (κ2) is 7.86. The zero-order chi connectivity index (χ0) is 15.2. The summed E-state index contributed by atoms with van der Waals surface area (Å²) < 4.78 is 6.04. The Morgan fingerprint density at radius 2 is 1.53 bits per heavy atom. The van der Waals surface area contributed by atoms with Gasteiger partial charge in [-0.25, -0.2) is 4.79 Å². The number of carbonyl (C=O) groups is 1. The molecule has 0 N–H and O–H groups in total. The van der Waals surface area contributed by atoms with Crippen molar-refractivity contribution >= 4 is 29.5 Å². The summed E-state index contributed by atoms with van der Waals surface area (Å²) >= 11 is 3.07. The third kappa shape index (κ3) is 8.22. The Bertz CT molecular complexity index is 375. The van der Waals surface area contributed by atoms with Gasteiger partial charge in [0.15, 0.2) is 5.57 Å². The van der Waals surface area contributed by atoms with E-state index in [0.29, 0.717) is 10.5 Å².